The first-order chi connectivity index (χ1) is 15.4. The van der Waals surface area contributed by atoms with Crippen LogP contribution in [0.5, 0.6) is 11.5 Å². The standard InChI is InChI=1S/C25H24Br2O5S/c1-13(2)17-9-15(11-20(26)23(17)28)25(16-10-18(14(3)4)24(29)21(27)12-16)19-7-5-6-8-22(19)33(30,31)32-25/h5-14,28-29H,1-4H3. The minimum atomic E-state index is -4.08. The summed E-state index contributed by atoms with van der Waals surface area (Å²) < 4.78 is 33.3. The number of hydrogen-bond donors (Lipinski definition) is 2. The van der Waals surface area contributed by atoms with Crippen LogP contribution in [0.2, 0.25) is 0 Å². The Hall–Kier alpha value is -1.87. The Balaban J connectivity index is 2.17. The van der Waals surface area contributed by atoms with Gasteiger partial charge in [0.1, 0.15) is 16.4 Å². The molecule has 4 rings (SSSR count). The lowest BCUT2D eigenvalue weighted by Crippen LogP contribution is -2.30. The maximum atomic E-state index is 13.2. The van der Waals surface area contributed by atoms with Crippen molar-refractivity contribution in [1.29, 1.82) is 0 Å². The molecular formula is C25H24Br2O5S. The van der Waals surface area contributed by atoms with Gasteiger partial charge in [0.05, 0.1) is 8.95 Å². The molecule has 0 saturated heterocycles. The largest absolute Gasteiger partial charge is 0.506 e. The summed E-state index contributed by atoms with van der Waals surface area (Å²) >= 11 is 6.87. The zero-order chi connectivity index (χ0) is 24.3. The molecule has 0 fully saturated rings. The van der Waals surface area contributed by atoms with E-state index in [0.717, 1.165) is 0 Å². The van der Waals surface area contributed by atoms with Crippen molar-refractivity contribution in [3.63, 3.8) is 0 Å². The monoisotopic (exact) mass is 594 g/mol. The SMILES string of the molecule is CC(C)c1cc(C2(c3cc(Br)c(O)c(C(C)C)c3)OS(=O)(=O)c3ccccc32)cc(Br)c1O. The van der Waals surface area contributed by atoms with Crippen molar-refractivity contribution in [3.8, 4) is 11.5 Å². The minimum Gasteiger partial charge on any atom is -0.506 e. The number of fused-ring (bicyclic) bond motifs is 1. The van der Waals surface area contributed by atoms with Gasteiger partial charge in [-0.25, -0.2) is 4.18 Å². The van der Waals surface area contributed by atoms with Gasteiger partial charge in [-0.3, -0.25) is 0 Å². The molecule has 0 radical (unpaired) electrons. The van der Waals surface area contributed by atoms with Gasteiger partial charge in [0, 0.05) is 5.56 Å². The maximum absolute atomic E-state index is 13.2. The molecule has 0 unspecified atom stereocenters. The van der Waals surface area contributed by atoms with Gasteiger partial charge in [-0.2, -0.15) is 8.42 Å². The van der Waals surface area contributed by atoms with Crippen LogP contribution in [0.1, 0.15) is 67.3 Å². The number of hydrogen-bond acceptors (Lipinski definition) is 5. The predicted molar refractivity (Wildman–Crippen MR) is 134 cm³/mol. The predicted octanol–water partition coefficient (Wildman–Crippen LogP) is 6.88. The van der Waals surface area contributed by atoms with Crippen molar-refractivity contribution in [1.82, 2.24) is 0 Å². The lowest BCUT2D eigenvalue weighted by Gasteiger charge is -2.31. The van der Waals surface area contributed by atoms with E-state index in [4.69, 9.17) is 4.18 Å². The van der Waals surface area contributed by atoms with Crippen LogP contribution in [-0.4, -0.2) is 18.6 Å². The van der Waals surface area contributed by atoms with E-state index >= 15 is 0 Å². The van der Waals surface area contributed by atoms with Crippen molar-refractivity contribution < 1.29 is 22.8 Å². The minimum absolute atomic E-state index is 0.0238. The highest BCUT2D eigenvalue weighted by Gasteiger charge is 2.52. The Morgan fingerprint density at radius 1 is 0.818 bits per heavy atom. The molecule has 0 atom stereocenters. The van der Waals surface area contributed by atoms with Crippen LogP contribution in [0, 0.1) is 0 Å². The van der Waals surface area contributed by atoms with Gasteiger partial charge in [0.25, 0.3) is 10.1 Å². The van der Waals surface area contributed by atoms with Crippen molar-refractivity contribution in [3.05, 3.63) is 85.3 Å². The molecule has 1 heterocycles. The molecule has 0 spiro atoms. The molecule has 1 aliphatic rings. The van der Waals surface area contributed by atoms with E-state index in [1.807, 2.05) is 27.7 Å². The maximum Gasteiger partial charge on any atom is 0.298 e. The average Bonchev–Trinajstić information content (AvgIpc) is 3.00. The zero-order valence-corrected chi connectivity index (χ0v) is 22.5. The summed E-state index contributed by atoms with van der Waals surface area (Å²) in [7, 11) is -4.08. The normalized spacial score (nSPS) is 16.4. The second-order valence-electron chi connectivity index (χ2n) is 8.82. The summed E-state index contributed by atoms with van der Waals surface area (Å²) in [5, 5.41) is 21.3. The molecule has 0 aromatic heterocycles. The van der Waals surface area contributed by atoms with Gasteiger partial charge in [0.15, 0.2) is 5.60 Å². The molecule has 174 valence electrons. The Morgan fingerprint density at radius 2 is 1.27 bits per heavy atom. The topological polar surface area (TPSA) is 83.8 Å². The Labute approximate surface area is 210 Å². The van der Waals surface area contributed by atoms with Crippen LogP contribution in [0.4, 0.5) is 0 Å². The molecule has 8 heteroatoms. The Morgan fingerprint density at radius 3 is 1.73 bits per heavy atom. The first-order valence-corrected chi connectivity index (χ1v) is 13.5. The second kappa shape index (κ2) is 8.41. The number of aromatic hydroxyl groups is 2. The molecule has 0 bridgehead atoms. The quantitative estimate of drug-likeness (QED) is 0.321. The number of phenols is 2. The first kappa shape index (κ1) is 24.3. The zero-order valence-electron chi connectivity index (χ0n) is 18.6. The highest BCUT2D eigenvalue weighted by atomic mass is 79.9. The third-order valence-electron chi connectivity index (χ3n) is 6.01. The van der Waals surface area contributed by atoms with Gasteiger partial charge >= 0.3 is 0 Å². The highest BCUT2D eigenvalue weighted by Crippen LogP contribution is 2.53. The highest BCUT2D eigenvalue weighted by molar-refractivity contribution is 9.10. The van der Waals surface area contributed by atoms with Crippen molar-refractivity contribution >= 4 is 42.0 Å². The fourth-order valence-corrected chi connectivity index (χ4v) is 6.71. The van der Waals surface area contributed by atoms with Gasteiger partial charge in [-0.05, 0) is 96.3 Å². The average molecular weight is 596 g/mol. The Bertz CT molecular complexity index is 1300. The van der Waals surface area contributed by atoms with Gasteiger partial charge in [-0.15, -0.1) is 0 Å². The molecule has 0 saturated carbocycles. The summed E-state index contributed by atoms with van der Waals surface area (Å²) in [6.07, 6.45) is 0. The fraction of sp³-hybridized carbons (Fsp3) is 0.280. The van der Waals surface area contributed by atoms with E-state index < -0.39 is 15.7 Å². The van der Waals surface area contributed by atoms with E-state index in [-0.39, 0.29) is 28.2 Å². The molecule has 5 nitrogen and oxygen atoms in total. The third-order valence-corrected chi connectivity index (χ3v) is 8.59. The molecule has 3 aromatic carbocycles. The number of halogens is 2. The van der Waals surface area contributed by atoms with Crippen molar-refractivity contribution in [2.45, 2.75) is 50.0 Å². The number of rotatable bonds is 4. The molecule has 0 amide bonds. The van der Waals surface area contributed by atoms with Crippen molar-refractivity contribution in [2.24, 2.45) is 0 Å². The number of phenolic OH excluding ortho intramolecular Hbond substituents is 2. The Kier molecular flexibility index (Phi) is 6.18. The van der Waals surface area contributed by atoms with Crippen LogP contribution in [0.15, 0.2) is 62.4 Å². The number of benzene rings is 3. The molecule has 2 N–H and O–H groups in total. The van der Waals surface area contributed by atoms with E-state index in [2.05, 4.69) is 31.9 Å². The van der Waals surface area contributed by atoms with Gasteiger partial charge in [0.2, 0.25) is 0 Å². The summed E-state index contributed by atoms with van der Waals surface area (Å²) in [5.41, 5.74) is 1.39. The lowest BCUT2D eigenvalue weighted by molar-refractivity contribution is 0.179. The van der Waals surface area contributed by atoms with Crippen LogP contribution >= 0.6 is 31.9 Å². The smallest absolute Gasteiger partial charge is 0.298 e. The summed E-state index contributed by atoms with van der Waals surface area (Å²) in [5.74, 6) is 0.161. The fourth-order valence-electron chi connectivity index (χ4n) is 4.33. The summed E-state index contributed by atoms with van der Waals surface area (Å²) in [4.78, 5) is 0.0931. The molecular weight excluding hydrogens is 572 g/mol. The van der Waals surface area contributed by atoms with Crippen LogP contribution < -0.4 is 0 Å². The van der Waals surface area contributed by atoms with E-state index in [1.165, 1.54) is 6.07 Å². The van der Waals surface area contributed by atoms with Crippen LogP contribution in [-0.2, 0) is 19.9 Å². The van der Waals surface area contributed by atoms with E-state index in [1.54, 1.807) is 42.5 Å². The summed E-state index contributed by atoms with van der Waals surface area (Å²) in [6, 6.07) is 13.7. The third kappa shape index (κ3) is 3.81. The second-order valence-corrected chi connectivity index (χ2v) is 12.0. The molecule has 33 heavy (non-hydrogen) atoms. The van der Waals surface area contributed by atoms with Gasteiger partial charge in [-0.1, -0.05) is 45.9 Å². The van der Waals surface area contributed by atoms with Crippen molar-refractivity contribution in [2.75, 3.05) is 0 Å². The first-order valence-electron chi connectivity index (χ1n) is 10.5. The molecule has 1 aliphatic heterocycles. The lowest BCUT2D eigenvalue weighted by atomic mass is 9.78. The van der Waals surface area contributed by atoms with E-state index in [9.17, 15) is 18.6 Å². The molecule has 0 aliphatic carbocycles. The van der Waals surface area contributed by atoms with Crippen LogP contribution in [0.25, 0.3) is 0 Å². The summed E-state index contributed by atoms with van der Waals surface area (Å²) in [6.45, 7) is 7.80. The van der Waals surface area contributed by atoms with Gasteiger partial charge < -0.3 is 10.2 Å². The molecule has 3 aromatic rings. The van der Waals surface area contributed by atoms with E-state index in [0.29, 0.717) is 36.8 Å². The van der Waals surface area contributed by atoms with Crippen LogP contribution in [0.3, 0.4) is 0 Å².